The third kappa shape index (κ3) is 7.93. The van der Waals surface area contributed by atoms with Crippen LogP contribution >= 0.6 is 0 Å². The van der Waals surface area contributed by atoms with Gasteiger partial charge in [-0.3, -0.25) is 4.79 Å². The predicted molar refractivity (Wildman–Crippen MR) is 183 cm³/mol. The summed E-state index contributed by atoms with van der Waals surface area (Å²) in [5.74, 6) is -3.54. The molecule has 1 aliphatic heterocycles. The van der Waals surface area contributed by atoms with Gasteiger partial charge >= 0.3 is 5.97 Å². The van der Waals surface area contributed by atoms with E-state index in [9.17, 15) is 55.5 Å². The fourth-order valence-electron chi connectivity index (χ4n) is 6.29. The fraction of sp³-hybridized carbons (Fsp3) is 0.351. The van der Waals surface area contributed by atoms with Gasteiger partial charge in [-0.25, -0.2) is 4.79 Å². The number of carbonyl (C=O) groups is 1. The summed E-state index contributed by atoms with van der Waals surface area (Å²) in [6.07, 6.45) is -11.7. The van der Waals surface area contributed by atoms with Crippen LogP contribution in [0.5, 0.6) is 28.7 Å². The number of carbonyl (C=O) groups excluding carboxylic acids is 1. The van der Waals surface area contributed by atoms with Crippen LogP contribution in [0.25, 0.3) is 28.4 Å². The Morgan fingerprint density at radius 1 is 0.830 bits per heavy atom. The molecule has 16 heteroatoms. The van der Waals surface area contributed by atoms with Gasteiger partial charge < -0.3 is 69.3 Å². The molecule has 4 aromatic rings. The van der Waals surface area contributed by atoms with Gasteiger partial charge in [-0.05, 0) is 60.4 Å². The number of aliphatic hydroxyl groups is 5. The number of hydrogen-bond donors (Lipinski definition) is 9. The first-order valence-corrected chi connectivity index (χ1v) is 16.6. The lowest BCUT2D eigenvalue weighted by atomic mass is 9.82. The van der Waals surface area contributed by atoms with Gasteiger partial charge in [-0.15, -0.1) is 0 Å². The Bertz CT molecular complexity index is 2010. The van der Waals surface area contributed by atoms with Gasteiger partial charge in [0.05, 0.1) is 18.8 Å². The summed E-state index contributed by atoms with van der Waals surface area (Å²) in [4.78, 5) is 26.8. The SMILES string of the molecule is CC1CC(OCC2OC(Oc3c(-c4ccc(O)cc4)oc4cc(O)cc(O)c4c3=O)C(O)C(O)C2OC(=O)C=Cc2ccc(O)cc2)C(O)C(O)C1O. The van der Waals surface area contributed by atoms with E-state index in [0.717, 1.165) is 18.2 Å². The van der Waals surface area contributed by atoms with Crippen LogP contribution in [0.1, 0.15) is 18.9 Å². The molecule has 282 valence electrons. The quantitative estimate of drug-likeness (QED) is 0.0864. The van der Waals surface area contributed by atoms with E-state index in [1.165, 1.54) is 54.6 Å². The summed E-state index contributed by atoms with van der Waals surface area (Å²) in [6, 6.07) is 13.2. The smallest absolute Gasteiger partial charge is 0.331 e. The van der Waals surface area contributed by atoms with Crippen LogP contribution in [-0.4, -0.2) is 114 Å². The number of ether oxygens (including phenoxy) is 4. The topological polar surface area (TPSA) is 266 Å². The highest BCUT2D eigenvalue weighted by Gasteiger charge is 2.49. The Hall–Kier alpha value is -5.20. The summed E-state index contributed by atoms with van der Waals surface area (Å²) in [6.45, 7) is 1.11. The molecule has 1 saturated carbocycles. The van der Waals surface area contributed by atoms with E-state index in [1.54, 1.807) is 6.92 Å². The third-order valence-electron chi connectivity index (χ3n) is 9.22. The van der Waals surface area contributed by atoms with E-state index in [4.69, 9.17) is 23.4 Å². The Balaban J connectivity index is 1.33. The lowest BCUT2D eigenvalue weighted by molar-refractivity contribution is -0.288. The van der Waals surface area contributed by atoms with Crippen molar-refractivity contribution in [1.82, 2.24) is 0 Å². The first-order valence-electron chi connectivity index (χ1n) is 16.6. The number of rotatable bonds is 9. The van der Waals surface area contributed by atoms with Crippen LogP contribution in [-0.2, 0) is 19.0 Å². The number of benzene rings is 3. The van der Waals surface area contributed by atoms with Crippen molar-refractivity contribution in [2.45, 2.75) is 68.5 Å². The Kier molecular flexibility index (Phi) is 10.9. The van der Waals surface area contributed by atoms with Gasteiger partial charge in [0.15, 0.2) is 11.9 Å². The van der Waals surface area contributed by atoms with Crippen molar-refractivity contribution in [1.29, 1.82) is 0 Å². The fourth-order valence-corrected chi connectivity index (χ4v) is 6.29. The molecule has 2 fully saturated rings. The van der Waals surface area contributed by atoms with Crippen LogP contribution in [0.15, 0.2) is 76.0 Å². The molecule has 0 amide bonds. The molecule has 1 aliphatic carbocycles. The predicted octanol–water partition coefficient (Wildman–Crippen LogP) is 1.24. The van der Waals surface area contributed by atoms with Gasteiger partial charge in [0, 0.05) is 23.8 Å². The Labute approximate surface area is 300 Å². The van der Waals surface area contributed by atoms with E-state index in [1.807, 2.05) is 0 Å². The maximum atomic E-state index is 13.9. The highest BCUT2D eigenvalue weighted by molar-refractivity contribution is 5.88. The summed E-state index contributed by atoms with van der Waals surface area (Å²) in [7, 11) is 0. The van der Waals surface area contributed by atoms with Gasteiger partial charge in [0.25, 0.3) is 0 Å². The average Bonchev–Trinajstić information content (AvgIpc) is 3.12. The van der Waals surface area contributed by atoms with Crippen molar-refractivity contribution < 1.29 is 74.1 Å². The molecule has 1 saturated heterocycles. The number of aromatic hydroxyl groups is 4. The first kappa shape index (κ1) is 37.6. The van der Waals surface area contributed by atoms with Crippen molar-refractivity contribution in [3.05, 3.63) is 82.5 Å². The van der Waals surface area contributed by atoms with Gasteiger partial charge in [-0.1, -0.05) is 19.1 Å². The van der Waals surface area contributed by atoms with Crippen LogP contribution in [0.4, 0.5) is 0 Å². The van der Waals surface area contributed by atoms with Crippen molar-refractivity contribution in [2.75, 3.05) is 6.61 Å². The number of hydrogen-bond acceptors (Lipinski definition) is 16. The molecule has 9 N–H and O–H groups in total. The zero-order chi connectivity index (χ0) is 38.1. The molecule has 53 heavy (non-hydrogen) atoms. The minimum absolute atomic E-state index is 0.00746. The van der Waals surface area contributed by atoms with Crippen molar-refractivity contribution >= 4 is 23.0 Å². The summed E-state index contributed by atoms with van der Waals surface area (Å²) >= 11 is 0. The number of phenols is 4. The van der Waals surface area contributed by atoms with Crippen LogP contribution in [0, 0.1) is 5.92 Å². The minimum atomic E-state index is -2.00. The van der Waals surface area contributed by atoms with Crippen LogP contribution < -0.4 is 10.2 Å². The normalized spacial score (nSPS) is 28.9. The maximum absolute atomic E-state index is 13.9. The number of aliphatic hydroxyl groups excluding tert-OH is 5. The molecule has 2 heterocycles. The highest BCUT2D eigenvalue weighted by atomic mass is 16.7. The van der Waals surface area contributed by atoms with Crippen LogP contribution in [0.3, 0.4) is 0 Å². The molecule has 0 bridgehead atoms. The summed E-state index contributed by atoms with van der Waals surface area (Å²) < 4.78 is 29.2. The van der Waals surface area contributed by atoms with E-state index < -0.39 is 102 Å². The molecule has 0 spiro atoms. The van der Waals surface area contributed by atoms with Gasteiger partial charge in [0.2, 0.25) is 17.5 Å². The first-order chi connectivity index (χ1) is 25.2. The molecule has 10 unspecified atom stereocenters. The molecular weight excluding hydrogens is 700 g/mol. The molecule has 1 aromatic heterocycles. The lowest BCUT2D eigenvalue weighted by Crippen LogP contribution is -2.62. The van der Waals surface area contributed by atoms with Crippen molar-refractivity contribution in [3.8, 4) is 40.1 Å². The Morgan fingerprint density at radius 2 is 1.49 bits per heavy atom. The average molecular weight is 739 g/mol. The third-order valence-corrected chi connectivity index (χ3v) is 9.22. The van der Waals surface area contributed by atoms with Gasteiger partial charge in [0.1, 0.15) is 64.5 Å². The van der Waals surface area contributed by atoms with Crippen molar-refractivity contribution in [3.63, 3.8) is 0 Å². The van der Waals surface area contributed by atoms with E-state index in [-0.39, 0.29) is 34.8 Å². The standard InChI is InChI=1S/C37H38O16/c1-16-12-24(29(44)31(46)28(16)43)49-15-25-35(52-26(42)11-4-17-2-7-19(38)8-3-17)32(47)33(48)37(51-25)53-36-30(45)27-22(41)13-21(40)14-23(27)50-34(36)18-5-9-20(39)10-6-18/h2-11,13-14,16,24-25,28-29,31-33,35,37-41,43-44,46-48H,12,15H2,1H3. The molecule has 2 aliphatic rings. The second kappa shape index (κ2) is 15.4. The second-order valence-electron chi connectivity index (χ2n) is 13.0. The molecule has 10 atom stereocenters. The van der Waals surface area contributed by atoms with Crippen molar-refractivity contribution in [2.24, 2.45) is 5.92 Å². The number of phenolic OH excluding ortho intramolecular Hbond substituents is 4. The summed E-state index contributed by atoms with van der Waals surface area (Å²) in [5.41, 5.74) is -0.502. The number of esters is 1. The summed E-state index contributed by atoms with van der Waals surface area (Å²) in [5, 5.41) is 93.3. The molecule has 0 radical (unpaired) electrons. The molecule has 6 rings (SSSR count). The molecule has 16 nitrogen and oxygen atoms in total. The lowest BCUT2D eigenvalue weighted by Gasteiger charge is -2.43. The highest BCUT2D eigenvalue weighted by Crippen LogP contribution is 2.38. The largest absolute Gasteiger partial charge is 0.508 e. The number of fused-ring (bicyclic) bond motifs is 1. The Morgan fingerprint density at radius 3 is 2.17 bits per heavy atom. The second-order valence-corrected chi connectivity index (χ2v) is 13.0. The zero-order valence-electron chi connectivity index (χ0n) is 28.0. The minimum Gasteiger partial charge on any atom is -0.508 e. The molecule has 3 aromatic carbocycles. The van der Waals surface area contributed by atoms with E-state index in [0.29, 0.717) is 5.56 Å². The monoisotopic (exact) mass is 738 g/mol. The van der Waals surface area contributed by atoms with E-state index >= 15 is 0 Å². The zero-order valence-corrected chi connectivity index (χ0v) is 28.0. The van der Waals surface area contributed by atoms with Gasteiger partial charge in [-0.2, -0.15) is 0 Å². The molecular formula is C37H38O16. The van der Waals surface area contributed by atoms with E-state index in [2.05, 4.69) is 0 Å². The maximum Gasteiger partial charge on any atom is 0.331 e. The van der Waals surface area contributed by atoms with Crippen LogP contribution in [0.2, 0.25) is 0 Å².